The molecular weight excluding hydrogens is 322 g/mol. The van der Waals surface area contributed by atoms with Crippen LogP contribution < -0.4 is 16.4 Å². The number of benzene rings is 1. The molecule has 2 amide bonds. The molecule has 0 aliphatic carbocycles. The molecule has 0 spiro atoms. The number of hydrogen-bond donors (Lipinski definition) is 3. The average molecular weight is 346 g/mol. The first-order chi connectivity index (χ1) is 9.71. The highest BCUT2D eigenvalue weighted by molar-refractivity contribution is 8.00. The summed E-state index contributed by atoms with van der Waals surface area (Å²) in [7, 11) is 0. The highest BCUT2D eigenvalue weighted by Gasteiger charge is 2.13. The van der Waals surface area contributed by atoms with Gasteiger partial charge < -0.3 is 16.4 Å². The first-order valence-corrected chi connectivity index (χ1v) is 7.59. The smallest absolute Gasteiger partial charge is 0.243 e. The molecule has 5 nitrogen and oxygen atoms in total. The first-order valence-electron chi connectivity index (χ1n) is 6.77. The Bertz CT molecular complexity index is 530. The van der Waals surface area contributed by atoms with Gasteiger partial charge in [-0.1, -0.05) is 20.8 Å². The Kier molecular flexibility index (Phi) is 8.52. The molecule has 1 aromatic rings. The summed E-state index contributed by atoms with van der Waals surface area (Å²) in [6, 6.07) is 5.91. The molecule has 1 aromatic carbocycles. The predicted molar refractivity (Wildman–Crippen MR) is 94.7 cm³/mol. The maximum atomic E-state index is 11.7. The van der Waals surface area contributed by atoms with E-state index in [2.05, 4.69) is 31.4 Å². The molecule has 0 aliphatic heterocycles. The highest BCUT2D eigenvalue weighted by atomic mass is 35.5. The zero-order valence-electron chi connectivity index (χ0n) is 13.4. The van der Waals surface area contributed by atoms with E-state index < -0.39 is 0 Å². The number of anilines is 1. The van der Waals surface area contributed by atoms with Gasteiger partial charge in [0, 0.05) is 15.3 Å². The second kappa shape index (κ2) is 9.02. The number of amides is 2. The summed E-state index contributed by atoms with van der Waals surface area (Å²) >= 11 is 1.78. The summed E-state index contributed by atoms with van der Waals surface area (Å²) in [6.07, 6.45) is 0. The summed E-state index contributed by atoms with van der Waals surface area (Å²) < 4.78 is 0.143. The fourth-order valence-corrected chi connectivity index (χ4v) is 2.72. The Labute approximate surface area is 142 Å². The molecule has 0 bridgehead atoms. The van der Waals surface area contributed by atoms with Gasteiger partial charge in [-0.15, -0.1) is 24.2 Å². The number of rotatable bonds is 5. The third kappa shape index (κ3) is 7.68. The Hall–Kier alpha value is -1.24. The number of thioether (sulfide) groups is 1. The largest absolute Gasteiger partial charge is 0.346 e. The molecule has 0 aromatic heterocycles. The topological polar surface area (TPSA) is 84.2 Å². The summed E-state index contributed by atoms with van der Waals surface area (Å²) in [4.78, 5) is 23.9. The zero-order chi connectivity index (χ0) is 16.0. The lowest BCUT2D eigenvalue weighted by molar-refractivity contribution is -0.123. The molecule has 0 saturated carbocycles. The van der Waals surface area contributed by atoms with Crippen molar-refractivity contribution in [1.82, 2.24) is 5.32 Å². The van der Waals surface area contributed by atoms with Crippen molar-refractivity contribution in [1.29, 1.82) is 0 Å². The minimum atomic E-state index is -0.348. The van der Waals surface area contributed by atoms with Gasteiger partial charge >= 0.3 is 0 Å². The Morgan fingerprint density at radius 3 is 2.36 bits per heavy atom. The van der Waals surface area contributed by atoms with E-state index in [0.717, 1.165) is 16.1 Å². The molecule has 124 valence electrons. The fourth-order valence-electron chi connectivity index (χ4n) is 1.64. The highest BCUT2D eigenvalue weighted by Crippen LogP contribution is 2.33. The van der Waals surface area contributed by atoms with Crippen molar-refractivity contribution in [3.63, 3.8) is 0 Å². The number of aryl methyl sites for hydroxylation is 1. The second-order valence-corrected chi connectivity index (χ2v) is 7.62. The van der Waals surface area contributed by atoms with Crippen LogP contribution in [-0.2, 0) is 9.59 Å². The summed E-state index contributed by atoms with van der Waals surface area (Å²) in [5, 5.41) is 5.21. The fraction of sp³-hybridized carbons (Fsp3) is 0.467. The van der Waals surface area contributed by atoms with Crippen molar-refractivity contribution in [2.24, 2.45) is 5.73 Å². The third-order valence-corrected chi connectivity index (χ3v) is 3.63. The van der Waals surface area contributed by atoms with Crippen molar-refractivity contribution in [3.8, 4) is 0 Å². The number of carbonyl (C=O) groups excluding carboxylic acids is 2. The van der Waals surface area contributed by atoms with E-state index >= 15 is 0 Å². The van der Waals surface area contributed by atoms with Crippen molar-refractivity contribution in [2.45, 2.75) is 37.3 Å². The molecule has 0 atom stereocenters. The van der Waals surface area contributed by atoms with Crippen LogP contribution in [0.1, 0.15) is 26.3 Å². The van der Waals surface area contributed by atoms with Gasteiger partial charge in [0.2, 0.25) is 11.8 Å². The summed E-state index contributed by atoms with van der Waals surface area (Å²) in [5.41, 5.74) is 6.89. The van der Waals surface area contributed by atoms with Crippen LogP contribution in [0.3, 0.4) is 0 Å². The van der Waals surface area contributed by atoms with Crippen LogP contribution in [0.25, 0.3) is 0 Å². The van der Waals surface area contributed by atoms with Gasteiger partial charge in [-0.3, -0.25) is 9.59 Å². The Morgan fingerprint density at radius 2 is 1.86 bits per heavy atom. The minimum absolute atomic E-state index is 0. The van der Waals surface area contributed by atoms with E-state index in [1.807, 2.05) is 25.1 Å². The van der Waals surface area contributed by atoms with Gasteiger partial charge in [0.15, 0.2) is 0 Å². The van der Waals surface area contributed by atoms with Crippen LogP contribution in [0.4, 0.5) is 5.69 Å². The first kappa shape index (κ1) is 20.8. The molecule has 7 heteroatoms. The molecule has 0 aliphatic rings. The van der Waals surface area contributed by atoms with E-state index in [0.29, 0.717) is 0 Å². The van der Waals surface area contributed by atoms with E-state index in [9.17, 15) is 9.59 Å². The zero-order valence-corrected chi connectivity index (χ0v) is 15.0. The van der Waals surface area contributed by atoms with Gasteiger partial charge in [-0.05, 0) is 30.7 Å². The van der Waals surface area contributed by atoms with Crippen LogP contribution in [0.5, 0.6) is 0 Å². The number of nitrogens with two attached hydrogens (primary N) is 1. The molecule has 22 heavy (non-hydrogen) atoms. The van der Waals surface area contributed by atoms with Crippen LogP contribution in [0, 0.1) is 6.92 Å². The number of halogens is 1. The lowest BCUT2D eigenvalue weighted by atomic mass is 10.2. The number of hydrogen-bond acceptors (Lipinski definition) is 4. The minimum Gasteiger partial charge on any atom is -0.346 e. The Morgan fingerprint density at radius 1 is 1.23 bits per heavy atom. The maximum absolute atomic E-state index is 11.7. The molecule has 4 N–H and O–H groups in total. The van der Waals surface area contributed by atoms with Gasteiger partial charge in [0.25, 0.3) is 0 Å². The van der Waals surface area contributed by atoms with Crippen molar-refractivity contribution in [2.75, 3.05) is 18.4 Å². The number of nitrogens with one attached hydrogen (secondary N) is 2. The number of carbonyl (C=O) groups is 2. The molecule has 0 unspecified atom stereocenters. The molecule has 1 rings (SSSR count). The monoisotopic (exact) mass is 345 g/mol. The van der Waals surface area contributed by atoms with E-state index in [4.69, 9.17) is 5.73 Å². The molecular formula is C15H24ClN3O2S. The summed E-state index contributed by atoms with van der Waals surface area (Å²) in [6.45, 7) is 8.22. The van der Waals surface area contributed by atoms with Gasteiger partial charge in [-0.25, -0.2) is 0 Å². The standard InChI is InChI=1S/C15H23N3O2S.ClH/c1-10-7-11(21-15(2,3)4)5-6-12(10)18-14(20)9-17-13(19)8-16;/h5-7H,8-9,16H2,1-4H3,(H,17,19)(H,18,20);1H. The molecule has 0 radical (unpaired) electrons. The van der Waals surface area contributed by atoms with Crippen LogP contribution in [-0.4, -0.2) is 29.7 Å². The lowest BCUT2D eigenvalue weighted by Gasteiger charge is -2.18. The van der Waals surface area contributed by atoms with E-state index in [-0.39, 0.29) is 42.1 Å². The van der Waals surface area contributed by atoms with Crippen LogP contribution in [0.2, 0.25) is 0 Å². The quantitative estimate of drug-likeness (QED) is 0.715. The third-order valence-electron chi connectivity index (χ3n) is 2.53. The van der Waals surface area contributed by atoms with Gasteiger partial charge in [-0.2, -0.15) is 0 Å². The Balaban J connectivity index is 0.00000441. The van der Waals surface area contributed by atoms with Crippen LogP contribution in [0.15, 0.2) is 23.1 Å². The molecule has 0 heterocycles. The lowest BCUT2D eigenvalue weighted by Crippen LogP contribution is -2.36. The van der Waals surface area contributed by atoms with Crippen LogP contribution >= 0.6 is 24.2 Å². The second-order valence-electron chi connectivity index (χ2n) is 5.72. The average Bonchev–Trinajstić information content (AvgIpc) is 2.37. The molecule has 0 fully saturated rings. The summed E-state index contributed by atoms with van der Waals surface area (Å²) in [5.74, 6) is -0.616. The van der Waals surface area contributed by atoms with Crippen molar-refractivity contribution < 1.29 is 9.59 Å². The molecule has 0 saturated heterocycles. The normalized spacial score (nSPS) is 10.6. The van der Waals surface area contributed by atoms with Crippen molar-refractivity contribution in [3.05, 3.63) is 23.8 Å². The van der Waals surface area contributed by atoms with E-state index in [1.54, 1.807) is 11.8 Å². The predicted octanol–water partition coefficient (Wildman–Crippen LogP) is 2.32. The van der Waals surface area contributed by atoms with E-state index in [1.165, 1.54) is 0 Å². The van der Waals surface area contributed by atoms with Gasteiger partial charge in [0.05, 0.1) is 13.1 Å². The maximum Gasteiger partial charge on any atom is 0.243 e. The van der Waals surface area contributed by atoms with Crippen molar-refractivity contribution >= 4 is 41.7 Å². The van der Waals surface area contributed by atoms with Gasteiger partial charge in [0.1, 0.15) is 0 Å². The SMILES string of the molecule is Cc1cc(SC(C)(C)C)ccc1NC(=O)CNC(=O)CN.Cl.